The number of fused-ring (bicyclic) bond motifs is 1. The number of nitrogens with one attached hydrogen (secondary N) is 4. The highest BCUT2D eigenvalue weighted by Crippen LogP contribution is 2.35. The Hall–Kier alpha value is -4.62. The minimum Gasteiger partial charge on any atom is -0.493 e. The molecule has 0 aliphatic heterocycles. The van der Waals surface area contributed by atoms with Crippen molar-refractivity contribution in [2.75, 3.05) is 16.6 Å². The molecule has 0 aliphatic rings. The molecule has 5 rings (SSSR count). The summed E-state index contributed by atoms with van der Waals surface area (Å²) in [7, 11) is -4.06. The zero-order valence-corrected chi connectivity index (χ0v) is 29.4. The van der Waals surface area contributed by atoms with Crippen molar-refractivity contribution in [1.29, 1.82) is 0 Å². The van der Waals surface area contributed by atoms with E-state index in [9.17, 15) is 18.0 Å². The summed E-state index contributed by atoms with van der Waals surface area (Å²) in [6, 6.07) is 22.7. The minimum atomic E-state index is -4.06. The normalized spacial score (nSPS) is 12.1. The quantitative estimate of drug-likeness (QED) is 0.0645. The van der Waals surface area contributed by atoms with E-state index in [2.05, 4.69) is 20.0 Å². The standard InChI is InChI=1S/C35H35Cl2N5O6S/c1-34(2,19-35(3,4)33(44)41-45)20-48-23-12-9-21(10-13-23)42-49(46,47)24-14-15-25(28(37)18-24)32(43)38-22-11-16-27(36)26(17-22)31-39-29-7-5-6-8-30(29)40-31/h5-18,42,45H,19-20H2,1-4H3,(H,38,43)(H,39,40)(H,41,44). The fourth-order valence-corrected chi connectivity index (χ4v) is 7.12. The second kappa shape index (κ2) is 14.1. The Morgan fingerprint density at radius 3 is 2.27 bits per heavy atom. The molecule has 2 amide bonds. The molecular weight excluding hydrogens is 689 g/mol. The van der Waals surface area contributed by atoms with Crippen LogP contribution in [0.5, 0.6) is 5.75 Å². The molecule has 0 saturated heterocycles. The predicted octanol–water partition coefficient (Wildman–Crippen LogP) is 7.92. The van der Waals surface area contributed by atoms with Crippen molar-refractivity contribution in [2.45, 2.75) is 39.0 Å². The Morgan fingerprint density at radius 2 is 1.59 bits per heavy atom. The third kappa shape index (κ3) is 8.52. The third-order valence-electron chi connectivity index (χ3n) is 7.74. The molecule has 0 spiro atoms. The summed E-state index contributed by atoms with van der Waals surface area (Å²) in [5.74, 6) is 0.0196. The second-order valence-corrected chi connectivity index (χ2v) is 15.5. The molecule has 0 bridgehead atoms. The van der Waals surface area contributed by atoms with Crippen LogP contribution in [0.4, 0.5) is 11.4 Å². The van der Waals surface area contributed by atoms with Crippen molar-refractivity contribution in [1.82, 2.24) is 15.4 Å². The van der Waals surface area contributed by atoms with Gasteiger partial charge in [-0.05, 0) is 84.6 Å². The topological polar surface area (TPSA) is 163 Å². The largest absolute Gasteiger partial charge is 0.493 e. The number of sulfonamides is 1. The molecule has 11 nitrogen and oxygen atoms in total. The molecular formula is C35H35Cl2N5O6S. The molecule has 0 radical (unpaired) electrons. The van der Waals surface area contributed by atoms with E-state index < -0.39 is 32.7 Å². The number of H-pyrrole nitrogens is 1. The summed E-state index contributed by atoms with van der Waals surface area (Å²) in [5.41, 5.74) is 3.48. The van der Waals surface area contributed by atoms with Crippen molar-refractivity contribution < 1.29 is 28.0 Å². The van der Waals surface area contributed by atoms with Crippen molar-refractivity contribution in [3.8, 4) is 17.1 Å². The van der Waals surface area contributed by atoms with Gasteiger partial charge in [-0.15, -0.1) is 0 Å². The Bertz CT molecular complexity index is 2100. The number of aromatic nitrogens is 2. The number of hydrogen-bond donors (Lipinski definition) is 5. The van der Waals surface area contributed by atoms with Gasteiger partial charge in [-0.3, -0.25) is 19.5 Å². The highest BCUT2D eigenvalue weighted by atomic mass is 35.5. The fourth-order valence-electron chi connectivity index (χ4n) is 5.50. The van der Waals surface area contributed by atoms with Crippen LogP contribution in [0, 0.1) is 10.8 Å². The maximum Gasteiger partial charge on any atom is 0.261 e. The van der Waals surface area contributed by atoms with E-state index in [1.54, 1.807) is 61.8 Å². The summed E-state index contributed by atoms with van der Waals surface area (Å²) in [4.78, 5) is 32.8. The van der Waals surface area contributed by atoms with Crippen LogP contribution < -0.4 is 20.3 Å². The lowest BCUT2D eigenvalue weighted by atomic mass is 9.75. The predicted molar refractivity (Wildman–Crippen MR) is 191 cm³/mol. The van der Waals surface area contributed by atoms with Gasteiger partial charge in [0.15, 0.2) is 0 Å². The summed E-state index contributed by atoms with van der Waals surface area (Å²) in [6.07, 6.45) is 0.443. The maximum atomic E-state index is 13.2. The smallest absolute Gasteiger partial charge is 0.261 e. The zero-order valence-electron chi connectivity index (χ0n) is 27.1. The number of anilines is 2. The lowest BCUT2D eigenvalue weighted by molar-refractivity contribution is -0.140. The van der Waals surface area contributed by atoms with E-state index in [0.717, 1.165) is 11.0 Å². The van der Waals surface area contributed by atoms with Gasteiger partial charge in [0, 0.05) is 22.4 Å². The van der Waals surface area contributed by atoms with Gasteiger partial charge in [-0.25, -0.2) is 18.9 Å². The molecule has 0 saturated carbocycles. The molecule has 5 aromatic rings. The van der Waals surface area contributed by atoms with Crippen molar-refractivity contribution in [3.05, 3.63) is 101 Å². The Morgan fingerprint density at radius 1 is 0.898 bits per heavy atom. The first kappa shape index (κ1) is 35.7. The van der Waals surface area contributed by atoms with E-state index >= 15 is 0 Å². The number of hydrogen-bond acceptors (Lipinski definition) is 7. The number of amides is 2. The zero-order chi connectivity index (χ0) is 35.6. The molecule has 14 heteroatoms. The number of hydroxylamine groups is 1. The molecule has 49 heavy (non-hydrogen) atoms. The number of nitrogens with zero attached hydrogens (tertiary/aromatic N) is 1. The van der Waals surface area contributed by atoms with Crippen LogP contribution in [0.1, 0.15) is 44.5 Å². The Balaban J connectivity index is 1.22. The lowest BCUT2D eigenvalue weighted by Crippen LogP contribution is -2.39. The SMILES string of the molecule is CC(C)(COc1ccc(NS(=O)(=O)c2ccc(C(=O)Nc3ccc(Cl)c(-c4nc5ccccc5[nH]4)c3)c(Cl)c2)cc1)CC(C)(C)C(=O)NO. The third-order valence-corrected chi connectivity index (χ3v) is 9.76. The maximum absolute atomic E-state index is 13.2. The molecule has 0 unspecified atom stereocenters. The van der Waals surface area contributed by atoms with Crippen LogP contribution in [-0.4, -0.2) is 42.0 Å². The van der Waals surface area contributed by atoms with Crippen molar-refractivity contribution in [3.63, 3.8) is 0 Å². The molecule has 256 valence electrons. The van der Waals surface area contributed by atoms with Gasteiger partial charge in [0.25, 0.3) is 15.9 Å². The van der Waals surface area contributed by atoms with Gasteiger partial charge >= 0.3 is 0 Å². The van der Waals surface area contributed by atoms with Crippen LogP contribution in [0.2, 0.25) is 10.0 Å². The van der Waals surface area contributed by atoms with Crippen LogP contribution in [-0.2, 0) is 14.8 Å². The first-order valence-corrected chi connectivity index (χ1v) is 17.4. The summed E-state index contributed by atoms with van der Waals surface area (Å²) < 4.78 is 34.8. The first-order valence-electron chi connectivity index (χ1n) is 15.1. The van der Waals surface area contributed by atoms with Gasteiger partial charge in [-0.1, -0.05) is 63.0 Å². The molecule has 5 N–H and O–H groups in total. The number of halogens is 2. The fraction of sp³-hybridized carbons (Fsp3) is 0.229. The van der Waals surface area contributed by atoms with Gasteiger partial charge in [0.05, 0.1) is 38.1 Å². The molecule has 0 aliphatic carbocycles. The Labute approximate surface area is 294 Å². The van der Waals surface area contributed by atoms with E-state index in [1.165, 1.54) is 18.2 Å². The van der Waals surface area contributed by atoms with Crippen LogP contribution in [0.3, 0.4) is 0 Å². The second-order valence-electron chi connectivity index (χ2n) is 13.0. The number of carbonyl (C=O) groups excluding carboxylic acids is 2. The van der Waals surface area contributed by atoms with Crippen molar-refractivity contribution in [2.24, 2.45) is 10.8 Å². The average molecular weight is 725 g/mol. The van der Waals surface area contributed by atoms with E-state index in [4.69, 9.17) is 33.1 Å². The highest BCUT2D eigenvalue weighted by molar-refractivity contribution is 7.92. The van der Waals surface area contributed by atoms with Gasteiger partial charge in [0.2, 0.25) is 5.91 Å². The summed E-state index contributed by atoms with van der Waals surface area (Å²) >= 11 is 12.9. The van der Waals surface area contributed by atoms with Gasteiger partial charge in [-0.2, -0.15) is 0 Å². The van der Waals surface area contributed by atoms with E-state index in [0.29, 0.717) is 34.3 Å². The minimum absolute atomic E-state index is 0.0575. The lowest BCUT2D eigenvalue weighted by Gasteiger charge is -2.33. The van der Waals surface area contributed by atoms with Crippen LogP contribution in [0.15, 0.2) is 89.8 Å². The average Bonchev–Trinajstić information content (AvgIpc) is 3.48. The van der Waals surface area contributed by atoms with Gasteiger partial charge in [0.1, 0.15) is 11.6 Å². The molecule has 0 fully saturated rings. The first-order chi connectivity index (χ1) is 23.1. The summed E-state index contributed by atoms with van der Waals surface area (Å²) in [6.45, 7) is 7.63. The van der Waals surface area contributed by atoms with E-state index in [-0.39, 0.29) is 27.8 Å². The number of carbonyl (C=O) groups is 2. The number of imidazole rings is 1. The number of rotatable bonds is 12. The van der Waals surface area contributed by atoms with Crippen molar-refractivity contribution >= 4 is 67.4 Å². The Kier molecular flexibility index (Phi) is 10.3. The molecule has 4 aromatic carbocycles. The van der Waals surface area contributed by atoms with Crippen LogP contribution >= 0.6 is 23.2 Å². The van der Waals surface area contributed by atoms with Gasteiger partial charge < -0.3 is 15.0 Å². The molecule has 1 aromatic heterocycles. The van der Waals surface area contributed by atoms with Crippen LogP contribution in [0.25, 0.3) is 22.4 Å². The monoisotopic (exact) mass is 723 g/mol. The number of para-hydroxylation sites is 2. The number of ether oxygens (including phenoxy) is 1. The summed E-state index contributed by atoms with van der Waals surface area (Å²) in [5, 5.41) is 12.2. The highest BCUT2D eigenvalue weighted by Gasteiger charge is 2.35. The number of aromatic amines is 1. The van der Waals surface area contributed by atoms with E-state index in [1.807, 2.05) is 38.1 Å². The molecule has 1 heterocycles. The number of benzene rings is 4. The molecule has 0 atom stereocenters.